The van der Waals surface area contributed by atoms with Crippen molar-refractivity contribution in [2.24, 2.45) is 0 Å². The molecule has 0 radical (unpaired) electrons. The topological polar surface area (TPSA) is 73.9 Å². The van der Waals surface area contributed by atoms with Crippen molar-refractivity contribution in [3.8, 4) is 102 Å². The van der Waals surface area contributed by atoms with Gasteiger partial charge in [0.25, 0.3) is 6.71 Å². The monoisotopic (exact) mass is 1500 g/mol. The minimum absolute atomic E-state index is 0.0986. The van der Waals surface area contributed by atoms with Crippen molar-refractivity contribution < 1.29 is 0 Å². The number of nitriles is 1. The van der Waals surface area contributed by atoms with Gasteiger partial charge in [0.15, 0.2) is 17.5 Å². The Morgan fingerprint density at radius 3 is 1.06 bits per heavy atom. The van der Waals surface area contributed by atoms with E-state index in [0.717, 1.165) is 106 Å². The largest absolute Gasteiger partial charge is 0.311 e. The van der Waals surface area contributed by atoms with Crippen LogP contribution in [0.5, 0.6) is 0 Å². The van der Waals surface area contributed by atoms with Gasteiger partial charge >= 0.3 is 0 Å². The molecule has 18 rings (SSSR count). The van der Waals surface area contributed by atoms with E-state index in [-0.39, 0.29) is 33.8 Å². The zero-order valence-electron chi connectivity index (χ0n) is 69.2. The van der Waals surface area contributed by atoms with Crippen LogP contribution in [-0.2, 0) is 27.1 Å². The van der Waals surface area contributed by atoms with Gasteiger partial charge in [0.05, 0.1) is 28.4 Å². The quantitative estimate of drug-likeness (QED) is 0.120. The molecule has 4 heterocycles. The average molecular weight is 1500 g/mol. The van der Waals surface area contributed by atoms with E-state index in [1.54, 1.807) is 0 Å². The first-order valence-corrected chi connectivity index (χ1v) is 40.8. The molecule has 7 nitrogen and oxygen atoms in total. The van der Waals surface area contributed by atoms with Gasteiger partial charge in [0, 0.05) is 61.6 Å². The molecule has 0 atom stereocenters. The molecule has 0 unspecified atom stereocenters. The fourth-order valence-electron chi connectivity index (χ4n) is 17.1. The van der Waals surface area contributed by atoms with Crippen molar-refractivity contribution in [1.29, 1.82) is 5.26 Å². The molecule has 566 valence electrons. The molecule has 0 fully saturated rings. The molecule has 2 aromatic heterocycles. The molecule has 0 saturated heterocycles. The zero-order chi connectivity index (χ0) is 80.5. The van der Waals surface area contributed by atoms with Gasteiger partial charge in [-0.25, -0.2) is 15.0 Å². The van der Waals surface area contributed by atoms with E-state index >= 15 is 0 Å². The molecular weight excluding hydrogens is 1410 g/mol. The van der Waals surface area contributed by atoms with Gasteiger partial charge in [-0.3, -0.25) is 0 Å². The molecule has 0 amide bonds. The van der Waals surface area contributed by atoms with E-state index in [9.17, 15) is 5.26 Å². The van der Waals surface area contributed by atoms with Crippen molar-refractivity contribution >= 4 is 79.0 Å². The Labute approximate surface area is 684 Å². The van der Waals surface area contributed by atoms with Gasteiger partial charge in [-0.15, -0.1) is 0 Å². The minimum Gasteiger partial charge on any atom is -0.311 e. The van der Waals surface area contributed by atoms with Crippen LogP contribution in [0.3, 0.4) is 0 Å². The summed E-state index contributed by atoms with van der Waals surface area (Å²) in [6, 6.07) is 117. The summed E-state index contributed by atoms with van der Waals surface area (Å²) in [5.41, 5.74) is 33.4. The molecule has 0 saturated carbocycles. The van der Waals surface area contributed by atoms with Gasteiger partial charge in [-0.1, -0.05) is 328 Å². The average Bonchev–Trinajstić information content (AvgIpc) is 0.770. The fourth-order valence-corrected chi connectivity index (χ4v) is 17.1. The van der Waals surface area contributed by atoms with Crippen LogP contribution in [0.4, 0.5) is 34.1 Å². The summed E-state index contributed by atoms with van der Waals surface area (Å²) >= 11 is 0. The Kier molecular flexibility index (Phi) is 18.1. The zero-order valence-corrected chi connectivity index (χ0v) is 69.2. The second-order valence-corrected chi connectivity index (χ2v) is 36.9. The van der Waals surface area contributed by atoms with Crippen LogP contribution in [0.15, 0.2) is 309 Å². The molecule has 0 N–H and O–H groups in total. The van der Waals surface area contributed by atoms with Crippen molar-refractivity contribution in [1.82, 2.24) is 19.5 Å². The van der Waals surface area contributed by atoms with E-state index in [2.05, 4.69) is 361 Å². The predicted octanol–water partition coefficient (Wildman–Crippen LogP) is 26.7. The number of nitrogens with zero attached hydrogens (tertiary/aromatic N) is 7. The Bertz CT molecular complexity index is 6220. The molecule has 2 aliphatic rings. The maximum absolute atomic E-state index is 10.8. The van der Waals surface area contributed by atoms with E-state index < -0.39 is 0 Å². The number of benzene rings is 14. The summed E-state index contributed by atoms with van der Waals surface area (Å²) in [7, 11) is 0. The molecule has 0 bridgehead atoms. The summed E-state index contributed by atoms with van der Waals surface area (Å²) in [5.74, 6) is 1.55. The molecule has 2 aliphatic heterocycles. The maximum Gasteiger partial charge on any atom is 0.252 e. The lowest BCUT2D eigenvalue weighted by Crippen LogP contribution is -2.61. The third-order valence-corrected chi connectivity index (χ3v) is 23.8. The Hall–Kier alpha value is -13.0. The van der Waals surface area contributed by atoms with Crippen LogP contribution in [0, 0.1) is 11.3 Å². The lowest BCUT2D eigenvalue weighted by atomic mass is 9.33. The van der Waals surface area contributed by atoms with Gasteiger partial charge < -0.3 is 14.4 Å². The standard InChI is InChI=1S/C108H96BN7/c1-104(2,3)81-44-49-88-89-59-75(43-53-93(89)116(95(88)66-81)94-52-36-68(67-110)54-90(94)103-112-101(73-32-24-18-25-33-73)111-102(113-103)74-34-26-19-27-35-74)80-62-98-100-99(63-80)115(87-47-39-72(40-48-87)70-30-22-17-23-31-70)97-61-77(79-57-84(107(10,11)12)65-85(58-79)108(13,14)15)42-51-92(97)109(100)91-50-41-76(78-55-82(105(4,5)6)64-83(56-78)106(7,8)9)60-96(91)114(98)86-45-37-71(38-46-86)69-28-20-16-21-29-69/h16-66H,1-15H3. The van der Waals surface area contributed by atoms with Crippen molar-refractivity contribution in [2.75, 3.05) is 9.80 Å². The first-order valence-electron chi connectivity index (χ1n) is 40.8. The third kappa shape index (κ3) is 13.7. The molecule has 0 spiro atoms. The molecular formula is C108H96BN7. The van der Waals surface area contributed by atoms with Crippen LogP contribution >= 0.6 is 0 Å². The lowest BCUT2D eigenvalue weighted by Gasteiger charge is -2.45. The second-order valence-electron chi connectivity index (χ2n) is 36.9. The fraction of sp³-hybridized carbons (Fsp3) is 0.185. The highest BCUT2D eigenvalue weighted by Gasteiger charge is 2.45. The highest BCUT2D eigenvalue weighted by molar-refractivity contribution is 7.00. The number of hydrogen-bond acceptors (Lipinski definition) is 6. The normalized spacial score (nSPS) is 12.9. The Balaban J connectivity index is 0.927. The van der Waals surface area contributed by atoms with E-state index in [1.165, 1.54) is 66.5 Å². The first-order chi connectivity index (χ1) is 55.6. The maximum atomic E-state index is 10.8. The summed E-state index contributed by atoms with van der Waals surface area (Å²) in [4.78, 5) is 21.0. The van der Waals surface area contributed by atoms with Crippen LogP contribution in [0.25, 0.3) is 117 Å². The predicted molar refractivity (Wildman–Crippen MR) is 490 cm³/mol. The number of fused-ring (bicyclic) bond motifs is 7. The van der Waals surface area contributed by atoms with E-state index in [4.69, 9.17) is 15.0 Å². The third-order valence-electron chi connectivity index (χ3n) is 23.8. The lowest BCUT2D eigenvalue weighted by molar-refractivity contribution is 0.568. The molecule has 14 aromatic carbocycles. The first kappa shape index (κ1) is 74.5. The minimum atomic E-state index is -0.199. The summed E-state index contributed by atoms with van der Waals surface area (Å²) < 4.78 is 2.38. The van der Waals surface area contributed by atoms with Crippen molar-refractivity contribution in [3.63, 3.8) is 0 Å². The molecule has 8 heteroatoms. The van der Waals surface area contributed by atoms with Crippen LogP contribution in [0.1, 0.15) is 137 Å². The summed E-state index contributed by atoms with van der Waals surface area (Å²) in [6.45, 7) is 34.7. The van der Waals surface area contributed by atoms with Crippen molar-refractivity contribution in [2.45, 2.75) is 131 Å². The Morgan fingerprint density at radius 2 is 0.638 bits per heavy atom. The smallest absolute Gasteiger partial charge is 0.252 e. The number of hydrogen-bond donors (Lipinski definition) is 0. The number of aromatic nitrogens is 4. The SMILES string of the molecule is CC(C)(C)c1cc(-c2ccc3c(c2)N(c2ccc(-c4ccccc4)cc2)c2cc(-c4ccc5c(c4)c4ccc(C(C)(C)C)cc4n5-c4ccc(C#N)cc4-c4nc(-c5ccccc5)nc(-c5ccccc5)n4)cc4c2B3c2ccc(-c3cc(C(C)(C)C)cc(C(C)(C)C)c3)cc2N4c2ccc(-c3ccccc3)cc2)cc(C(C)(C)C)c1. The van der Waals surface area contributed by atoms with Crippen LogP contribution < -0.4 is 26.2 Å². The highest BCUT2D eigenvalue weighted by Crippen LogP contribution is 2.51. The molecule has 116 heavy (non-hydrogen) atoms. The van der Waals surface area contributed by atoms with Gasteiger partial charge in [0.2, 0.25) is 0 Å². The van der Waals surface area contributed by atoms with E-state index in [1.807, 2.05) is 72.8 Å². The highest BCUT2D eigenvalue weighted by atomic mass is 15.2. The van der Waals surface area contributed by atoms with Gasteiger partial charge in [-0.2, -0.15) is 5.26 Å². The summed E-state index contributed by atoms with van der Waals surface area (Å²) in [6.07, 6.45) is 0. The number of anilines is 6. The second kappa shape index (κ2) is 28.2. The van der Waals surface area contributed by atoms with E-state index in [0.29, 0.717) is 28.6 Å². The van der Waals surface area contributed by atoms with Crippen molar-refractivity contribution in [3.05, 3.63) is 343 Å². The Morgan fingerprint density at radius 1 is 0.267 bits per heavy atom. The van der Waals surface area contributed by atoms with Gasteiger partial charge in [0.1, 0.15) is 0 Å². The van der Waals surface area contributed by atoms with Crippen LogP contribution in [0.2, 0.25) is 0 Å². The number of rotatable bonds is 11. The summed E-state index contributed by atoms with van der Waals surface area (Å²) in [5, 5.41) is 13.0. The molecule has 0 aliphatic carbocycles. The molecule has 16 aromatic rings. The van der Waals surface area contributed by atoms with Crippen LogP contribution in [-0.4, -0.2) is 26.2 Å². The van der Waals surface area contributed by atoms with Gasteiger partial charge in [-0.05, 0) is 212 Å².